The minimum Gasteiger partial charge on any atom is -0.359 e. The number of piperidine rings is 1. The summed E-state index contributed by atoms with van der Waals surface area (Å²) >= 11 is 0. The summed E-state index contributed by atoms with van der Waals surface area (Å²) in [5, 5.41) is 2.71. The summed E-state index contributed by atoms with van der Waals surface area (Å²) in [6, 6.07) is 0. The second-order valence-electron chi connectivity index (χ2n) is 2.17. The van der Waals surface area contributed by atoms with Gasteiger partial charge in [-0.3, -0.25) is 4.79 Å². The number of carbonyl (C=O) groups excluding carboxylic acids is 1. The van der Waals surface area contributed by atoms with Gasteiger partial charge in [-0.1, -0.05) is 0 Å². The van der Waals surface area contributed by atoms with Gasteiger partial charge in [0.05, 0.1) is 6.10 Å². The molecule has 3 nitrogen and oxygen atoms in total. The number of amides is 1. The molecule has 2 aliphatic heterocycles. The molecule has 2 heterocycles. The highest BCUT2D eigenvalue weighted by Crippen LogP contribution is 2.27. The quantitative estimate of drug-likeness (QED) is 0.421. The van der Waals surface area contributed by atoms with Crippen LogP contribution in [0.15, 0.2) is 0 Å². The highest BCUT2D eigenvalue weighted by Gasteiger charge is 2.46. The molecule has 2 saturated heterocycles. The molecule has 2 rings (SSSR count). The number of fused-ring (bicyclic) bond motifs is 1. The molecule has 1 amide bonds. The molecule has 2 aliphatic rings. The van der Waals surface area contributed by atoms with Gasteiger partial charge in [-0.2, -0.15) is 0 Å². The molecular formula is C5H7NO2. The van der Waals surface area contributed by atoms with Crippen molar-refractivity contribution < 1.29 is 9.53 Å². The Hall–Kier alpha value is -0.570. The molecule has 2 fully saturated rings. The number of epoxide rings is 1. The van der Waals surface area contributed by atoms with E-state index in [2.05, 4.69) is 5.32 Å². The third-order valence-corrected chi connectivity index (χ3v) is 1.57. The van der Waals surface area contributed by atoms with Crippen LogP contribution < -0.4 is 5.32 Å². The molecule has 0 aromatic rings. The van der Waals surface area contributed by atoms with Gasteiger partial charge in [0.15, 0.2) is 6.10 Å². The van der Waals surface area contributed by atoms with Crippen LogP contribution >= 0.6 is 0 Å². The van der Waals surface area contributed by atoms with E-state index in [4.69, 9.17) is 4.74 Å². The van der Waals surface area contributed by atoms with E-state index in [1.54, 1.807) is 0 Å². The van der Waals surface area contributed by atoms with E-state index in [1.807, 2.05) is 0 Å². The summed E-state index contributed by atoms with van der Waals surface area (Å²) in [6.07, 6.45) is 1.18. The van der Waals surface area contributed by atoms with Gasteiger partial charge in [0.2, 0.25) is 0 Å². The lowest BCUT2D eigenvalue weighted by Gasteiger charge is -2.04. The molecule has 2 atom stereocenters. The van der Waals surface area contributed by atoms with E-state index in [1.165, 1.54) is 0 Å². The van der Waals surface area contributed by atoms with Gasteiger partial charge in [-0.25, -0.2) is 0 Å². The van der Waals surface area contributed by atoms with Crippen LogP contribution in [0.5, 0.6) is 0 Å². The minimum atomic E-state index is -0.0799. The number of rotatable bonds is 0. The second-order valence-corrected chi connectivity index (χ2v) is 2.17. The standard InChI is InChI=1S/C5H7NO2/c7-5-4-3(8-4)1-2-6-5/h3-4H,1-2H2,(H,6,7)/t3-,4-/m0/s1. The topological polar surface area (TPSA) is 41.6 Å². The van der Waals surface area contributed by atoms with Crippen LogP contribution in [-0.2, 0) is 9.53 Å². The Kier molecular flexibility index (Phi) is 0.663. The highest BCUT2D eigenvalue weighted by atomic mass is 16.6. The summed E-state index contributed by atoms with van der Waals surface area (Å²) < 4.78 is 4.98. The maximum absolute atomic E-state index is 10.6. The van der Waals surface area contributed by atoms with Gasteiger partial charge >= 0.3 is 0 Å². The number of carbonyl (C=O) groups is 1. The molecule has 0 bridgehead atoms. The van der Waals surface area contributed by atoms with E-state index in [0.29, 0.717) is 0 Å². The largest absolute Gasteiger partial charge is 0.359 e. The number of nitrogens with one attached hydrogen (secondary N) is 1. The SMILES string of the molecule is O=C1NCC[C@@H]2O[C@H]12. The Morgan fingerprint density at radius 1 is 1.75 bits per heavy atom. The fourth-order valence-electron chi connectivity index (χ4n) is 1.03. The first-order valence-electron chi connectivity index (χ1n) is 2.81. The van der Waals surface area contributed by atoms with Gasteiger partial charge in [0.1, 0.15) is 0 Å². The Bertz CT molecular complexity index is 134. The second kappa shape index (κ2) is 1.23. The molecule has 8 heavy (non-hydrogen) atoms. The average molecular weight is 113 g/mol. The number of hydrogen-bond acceptors (Lipinski definition) is 2. The van der Waals surface area contributed by atoms with Crippen LogP contribution in [0.1, 0.15) is 6.42 Å². The van der Waals surface area contributed by atoms with Crippen molar-refractivity contribution in [2.45, 2.75) is 18.6 Å². The number of ether oxygens (including phenoxy) is 1. The first-order valence-corrected chi connectivity index (χ1v) is 2.81. The molecule has 1 N–H and O–H groups in total. The van der Waals surface area contributed by atoms with Crippen LogP contribution in [0.4, 0.5) is 0 Å². The van der Waals surface area contributed by atoms with Crippen molar-refractivity contribution in [3.8, 4) is 0 Å². The van der Waals surface area contributed by atoms with Crippen molar-refractivity contribution in [1.82, 2.24) is 5.32 Å². The van der Waals surface area contributed by atoms with Crippen molar-refractivity contribution >= 4 is 5.91 Å². The van der Waals surface area contributed by atoms with Crippen molar-refractivity contribution in [3.63, 3.8) is 0 Å². The summed E-state index contributed by atoms with van der Waals surface area (Å²) in [5.41, 5.74) is 0. The number of hydrogen-bond donors (Lipinski definition) is 1. The van der Waals surface area contributed by atoms with Crippen molar-refractivity contribution in [3.05, 3.63) is 0 Å². The van der Waals surface area contributed by atoms with Crippen LogP contribution in [0.3, 0.4) is 0 Å². The minimum absolute atomic E-state index is 0.0706. The molecule has 3 heteroatoms. The summed E-state index contributed by atoms with van der Waals surface area (Å²) in [6.45, 7) is 0.792. The van der Waals surface area contributed by atoms with Gasteiger partial charge < -0.3 is 10.1 Å². The third kappa shape index (κ3) is 0.448. The Morgan fingerprint density at radius 3 is 3.25 bits per heavy atom. The zero-order chi connectivity index (χ0) is 5.56. The first-order chi connectivity index (χ1) is 3.88. The van der Waals surface area contributed by atoms with E-state index >= 15 is 0 Å². The molecule has 0 aliphatic carbocycles. The molecule has 0 spiro atoms. The van der Waals surface area contributed by atoms with E-state index in [-0.39, 0.29) is 18.1 Å². The van der Waals surface area contributed by atoms with E-state index in [0.717, 1.165) is 13.0 Å². The van der Waals surface area contributed by atoms with Crippen molar-refractivity contribution in [2.24, 2.45) is 0 Å². The molecule has 0 saturated carbocycles. The summed E-state index contributed by atoms with van der Waals surface area (Å²) in [5.74, 6) is 0.0706. The fraction of sp³-hybridized carbons (Fsp3) is 0.800. The van der Waals surface area contributed by atoms with Crippen LogP contribution in [0, 0.1) is 0 Å². The normalized spacial score (nSPS) is 42.8. The van der Waals surface area contributed by atoms with Crippen molar-refractivity contribution in [1.29, 1.82) is 0 Å². The van der Waals surface area contributed by atoms with Gasteiger partial charge in [-0.15, -0.1) is 0 Å². The monoisotopic (exact) mass is 113 g/mol. The maximum Gasteiger partial charge on any atom is 0.251 e. The lowest BCUT2D eigenvalue weighted by Crippen LogP contribution is -2.34. The Morgan fingerprint density at radius 2 is 2.62 bits per heavy atom. The summed E-state index contributed by atoms with van der Waals surface area (Å²) in [4.78, 5) is 10.6. The lowest BCUT2D eigenvalue weighted by molar-refractivity contribution is -0.122. The predicted octanol–water partition coefficient (Wildman–Crippen LogP) is -0.726. The molecule has 0 radical (unpaired) electrons. The molecular weight excluding hydrogens is 106 g/mol. The molecule has 0 aromatic carbocycles. The van der Waals surface area contributed by atoms with Crippen LogP contribution in [-0.4, -0.2) is 24.7 Å². The van der Waals surface area contributed by atoms with Gasteiger partial charge in [0, 0.05) is 6.54 Å². The maximum atomic E-state index is 10.6. The third-order valence-electron chi connectivity index (χ3n) is 1.57. The molecule has 44 valence electrons. The highest BCUT2D eigenvalue weighted by molar-refractivity contribution is 5.84. The van der Waals surface area contributed by atoms with Crippen LogP contribution in [0.2, 0.25) is 0 Å². The van der Waals surface area contributed by atoms with E-state index in [9.17, 15) is 4.79 Å². The summed E-state index contributed by atoms with van der Waals surface area (Å²) in [7, 11) is 0. The predicted molar refractivity (Wildman–Crippen MR) is 26.3 cm³/mol. The zero-order valence-corrected chi connectivity index (χ0v) is 4.39. The molecule has 0 aromatic heterocycles. The van der Waals surface area contributed by atoms with Crippen LogP contribution in [0.25, 0.3) is 0 Å². The zero-order valence-electron chi connectivity index (χ0n) is 4.39. The molecule has 0 unspecified atom stereocenters. The lowest BCUT2D eigenvalue weighted by atomic mass is 10.2. The smallest absolute Gasteiger partial charge is 0.251 e. The Labute approximate surface area is 47.0 Å². The Balaban J connectivity index is 2.08. The van der Waals surface area contributed by atoms with Crippen molar-refractivity contribution in [2.75, 3.05) is 6.54 Å². The first kappa shape index (κ1) is 4.32. The van der Waals surface area contributed by atoms with E-state index < -0.39 is 0 Å². The fourth-order valence-corrected chi connectivity index (χ4v) is 1.03. The van der Waals surface area contributed by atoms with Gasteiger partial charge in [0.25, 0.3) is 5.91 Å². The average Bonchev–Trinajstić information content (AvgIpc) is 2.45. The van der Waals surface area contributed by atoms with Gasteiger partial charge in [-0.05, 0) is 6.42 Å².